The molecule has 0 radical (unpaired) electrons. The average molecular weight is 247 g/mol. The topological polar surface area (TPSA) is 18.5 Å². The Morgan fingerprint density at radius 2 is 1.72 bits per heavy atom. The van der Waals surface area contributed by atoms with Gasteiger partial charge in [0.2, 0.25) is 0 Å². The van der Waals surface area contributed by atoms with Gasteiger partial charge in [-0.05, 0) is 24.6 Å². The summed E-state index contributed by atoms with van der Waals surface area (Å²) >= 11 is 0. The van der Waals surface area contributed by atoms with Gasteiger partial charge in [0.05, 0.1) is 6.67 Å². The number of nitrogens with zero attached hydrogens (tertiary/aromatic N) is 2. The van der Waals surface area contributed by atoms with Gasteiger partial charge in [-0.25, -0.2) is 0 Å². The summed E-state index contributed by atoms with van der Waals surface area (Å²) in [5.74, 6) is 0. The molecule has 1 fully saturated rings. The third-order valence-corrected chi connectivity index (χ3v) is 3.53. The van der Waals surface area contributed by atoms with Crippen LogP contribution in [-0.2, 0) is 13.0 Å². The molecule has 0 amide bonds. The lowest BCUT2D eigenvalue weighted by Crippen LogP contribution is -2.47. The van der Waals surface area contributed by atoms with Crippen LogP contribution in [0.3, 0.4) is 0 Å². The highest BCUT2D eigenvalue weighted by atomic mass is 15.3. The SMILES string of the molecule is CCc1ccc(CN(C)CN2CCNCC2)cc1. The Morgan fingerprint density at radius 1 is 1.11 bits per heavy atom. The second-order valence-corrected chi connectivity index (χ2v) is 5.19. The van der Waals surface area contributed by atoms with Crippen LogP contribution in [0.4, 0.5) is 0 Å². The maximum atomic E-state index is 3.39. The molecule has 1 saturated heterocycles. The number of hydrogen-bond donors (Lipinski definition) is 1. The summed E-state index contributed by atoms with van der Waals surface area (Å²) in [6.45, 7) is 8.88. The van der Waals surface area contributed by atoms with E-state index >= 15 is 0 Å². The van der Waals surface area contributed by atoms with Gasteiger partial charge in [-0.1, -0.05) is 31.2 Å². The zero-order valence-electron chi connectivity index (χ0n) is 11.7. The summed E-state index contributed by atoms with van der Waals surface area (Å²) in [6, 6.07) is 9.00. The number of rotatable bonds is 5. The minimum Gasteiger partial charge on any atom is -0.314 e. The molecule has 0 atom stereocenters. The van der Waals surface area contributed by atoms with E-state index in [1.807, 2.05) is 0 Å². The number of piperazine rings is 1. The van der Waals surface area contributed by atoms with Crippen molar-refractivity contribution in [1.29, 1.82) is 0 Å². The van der Waals surface area contributed by atoms with Gasteiger partial charge >= 0.3 is 0 Å². The highest BCUT2D eigenvalue weighted by molar-refractivity contribution is 5.22. The Kier molecular flexibility index (Phi) is 5.17. The van der Waals surface area contributed by atoms with Crippen molar-refractivity contribution in [3.05, 3.63) is 35.4 Å². The van der Waals surface area contributed by atoms with Crippen LogP contribution in [0.5, 0.6) is 0 Å². The van der Waals surface area contributed by atoms with E-state index in [-0.39, 0.29) is 0 Å². The summed E-state index contributed by atoms with van der Waals surface area (Å²) in [4.78, 5) is 4.91. The molecule has 1 aromatic rings. The van der Waals surface area contributed by atoms with E-state index in [1.165, 1.54) is 24.2 Å². The number of hydrogen-bond acceptors (Lipinski definition) is 3. The largest absolute Gasteiger partial charge is 0.314 e. The lowest BCUT2D eigenvalue weighted by Gasteiger charge is -2.31. The Labute approximate surface area is 111 Å². The summed E-state index contributed by atoms with van der Waals surface area (Å²) in [5, 5.41) is 3.39. The molecule has 0 saturated carbocycles. The third kappa shape index (κ3) is 4.09. The minimum absolute atomic E-state index is 1.04. The second kappa shape index (κ2) is 6.88. The lowest BCUT2D eigenvalue weighted by molar-refractivity contribution is 0.135. The van der Waals surface area contributed by atoms with Crippen LogP contribution in [0.15, 0.2) is 24.3 Å². The molecule has 1 aliphatic rings. The fraction of sp³-hybridized carbons (Fsp3) is 0.600. The number of nitrogens with one attached hydrogen (secondary N) is 1. The van der Waals surface area contributed by atoms with Gasteiger partial charge in [-0.15, -0.1) is 0 Å². The molecule has 0 spiro atoms. The molecule has 100 valence electrons. The first-order valence-electron chi connectivity index (χ1n) is 6.97. The maximum absolute atomic E-state index is 3.39. The monoisotopic (exact) mass is 247 g/mol. The van der Waals surface area contributed by atoms with Gasteiger partial charge in [-0.3, -0.25) is 9.80 Å². The van der Waals surface area contributed by atoms with E-state index in [2.05, 4.69) is 53.4 Å². The van der Waals surface area contributed by atoms with Gasteiger partial charge in [-0.2, -0.15) is 0 Å². The van der Waals surface area contributed by atoms with E-state index in [4.69, 9.17) is 0 Å². The summed E-state index contributed by atoms with van der Waals surface area (Å²) < 4.78 is 0. The highest BCUT2D eigenvalue weighted by Crippen LogP contribution is 2.08. The fourth-order valence-corrected chi connectivity index (χ4v) is 2.44. The van der Waals surface area contributed by atoms with Crippen molar-refractivity contribution in [3.8, 4) is 0 Å². The van der Waals surface area contributed by atoms with Crippen LogP contribution >= 0.6 is 0 Å². The molecule has 0 aromatic heterocycles. The lowest BCUT2D eigenvalue weighted by atomic mass is 10.1. The Hall–Kier alpha value is -0.900. The van der Waals surface area contributed by atoms with Crippen LogP contribution in [-0.4, -0.2) is 49.7 Å². The fourth-order valence-electron chi connectivity index (χ4n) is 2.44. The van der Waals surface area contributed by atoms with E-state index in [1.54, 1.807) is 0 Å². The predicted octanol–water partition coefficient (Wildman–Crippen LogP) is 1.54. The normalized spacial score (nSPS) is 17.3. The molecule has 1 aromatic carbocycles. The molecule has 2 rings (SSSR count). The van der Waals surface area contributed by atoms with Crippen molar-refractivity contribution in [2.24, 2.45) is 0 Å². The molecule has 1 N–H and O–H groups in total. The highest BCUT2D eigenvalue weighted by Gasteiger charge is 2.11. The van der Waals surface area contributed by atoms with Crippen LogP contribution < -0.4 is 5.32 Å². The van der Waals surface area contributed by atoms with Crippen molar-refractivity contribution in [2.45, 2.75) is 19.9 Å². The molecule has 0 bridgehead atoms. The maximum Gasteiger partial charge on any atom is 0.0507 e. The van der Waals surface area contributed by atoms with Crippen molar-refractivity contribution in [1.82, 2.24) is 15.1 Å². The van der Waals surface area contributed by atoms with E-state index in [0.29, 0.717) is 0 Å². The predicted molar refractivity (Wildman–Crippen MR) is 76.6 cm³/mol. The Balaban J connectivity index is 1.80. The Bertz CT molecular complexity index is 341. The van der Waals surface area contributed by atoms with Gasteiger partial charge in [0, 0.05) is 32.7 Å². The van der Waals surface area contributed by atoms with Gasteiger partial charge in [0.1, 0.15) is 0 Å². The van der Waals surface area contributed by atoms with Crippen LogP contribution in [0.1, 0.15) is 18.1 Å². The quantitative estimate of drug-likeness (QED) is 0.851. The summed E-state index contributed by atoms with van der Waals surface area (Å²) in [7, 11) is 2.20. The molecule has 18 heavy (non-hydrogen) atoms. The van der Waals surface area contributed by atoms with Crippen molar-refractivity contribution >= 4 is 0 Å². The van der Waals surface area contributed by atoms with Gasteiger partial charge in [0.25, 0.3) is 0 Å². The number of aryl methyl sites for hydroxylation is 1. The minimum atomic E-state index is 1.04. The second-order valence-electron chi connectivity index (χ2n) is 5.19. The third-order valence-electron chi connectivity index (χ3n) is 3.53. The molecule has 0 aliphatic carbocycles. The van der Waals surface area contributed by atoms with Crippen LogP contribution in [0.25, 0.3) is 0 Å². The Morgan fingerprint density at radius 3 is 2.33 bits per heavy atom. The van der Waals surface area contributed by atoms with Crippen molar-refractivity contribution in [3.63, 3.8) is 0 Å². The molecule has 3 heteroatoms. The van der Waals surface area contributed by atoms with E-state index in [9.17, 15) is 0 Å². The van der Waals surface area contributed by atoms with E-state index in [0.717, 1.165) is 32.7 Å². The molecule has 3 nitrogen and oxygen atoms in total. The number of benzene rings is 1. The van der Waals surface area contributed by atoms with Crippen LogP contribution in [0, 0.1) is 0 Å². The van der Waals surface area contributed by atoms with Crippen LogP contribution in [0.2, 0.25) is 0 Å². The standard InChI is InChI=1S/C15H25N3/c1-3-14-4-6-15(7-5-14)12-17(2)13-18-10-8-16-9-11-18/h4-7,16H,3,8-13H2,1-2H3. The molecule has 0 unspecified atom stereocenters. The first kappa shape index (κ1) is 13.5. The van der Waals surface area contributed by atoms with E-state index < -0.39 is 0 Å². The zero-order valence-corrected chi connectivity index (χ0v) is 11.7. The van der Waals surface area contributed by atoms with Gasteiger partial charge < -0.3 is 5.32 Å². The average Bonchev–Trinajstić information content (AvgIpc) is 2.40. The summed E-state index contributed by atoms with van der Waals surface area (Å²) in [5.41, 5.74) is 2.83. The molecule has 1 heterocycles. The summed E-state index contributed by atoms with van der Waals surface area (Å²) in [6.07, 6.45) is 1.12. The smallest absolute Gasteiger partial charge is 0.0507 e. The van der Waals surface area contributed by atoms with Gasteiger partial charge in [0.15, 0.2) is 0 Å². The molecule has 1 aliphatic heterocycles. The van der Waals surface area contributed by atoms with Crippen molar-refractivity contribution in [2.75, 3.05) is 39.9 Å². The van der Waals surface area contributed by atoms with Crippen molar-refractivity contribution < 1.29 is 0 Å². The molecular weight excluding hydrogens is 222 g/mol. The molecular formula is C15H25N3. The first-order valence-corrected chi connectivity index (χ1v) is 6.97. The first-order chi connectivity index (χ1) is 8.78. The zero-order chi connectivity index (χ0) is 12.8.